The Morgan fingerprint density at radius 2 is 1.80 bits per heavy atom. The Morgan fingerprint density at radius 1 is 1.03 bits per heavy atom. The van der Waals surface area contributed by atoms with Gasteiger partial charge in [0.25, 0.3) is 5.91 Å². The average Bonchev–Trinajstić information content (AvgIpc) is 2.78. The van der Waals surface area contributed by atoms with E-state index in [4.69, 9.17) is 9.47 Å². The molecule has 5 heteroatoms. The zero-order chi connectivity index (χ0) is 20.9. The first-order valence-corrected chi connectivity index (χ1v) is 11.0. The summed E-state index contributed by atoms with van der Waals surface area (Å²) in [7, 11) is 0. The van der Waals surface area contributed by atoms with E-state index >= 15 is 0 Å². The molecule has 2 saturated heterocycles. The number of amides is 1. The summed E-state index contributed by atoms with van der Waals surface area (Å²) in [5.74, 6) is 0.856. The number of aryl methyl sites for hydroxylation is 2. The van der Waals surface area contributed by atoms with E-state index in [1.807, 2.05) is 29.2 Å². The van der Waals surface area contributed by atoms with Gasteiger partial charge in [0.05, 0.1) is 13.2 Å². The second kappa shape index (κ2) is 9.63. The summed E-state index contributed by atoms with van der Waals surface area (Å²) in [6, 6.07) is 14.3. The first-order valence-electron chi connectivity index (χ1n) is 11.0. The topological polar surface area (TPSA) is 42.0 Å². The third-order valence-electron chi connectivity index (χ3n) is 6.12. The third-order valence-corrected chi connectivity index (χ3v) is 6.12. The fraction of sp³-hybridized carbons (Fsp3) is 0.480. The van der Waals surface area contributed by atoms with Gasteiger partial charge in [0.15, 0.2) is 0 Å². The summed E-state index contributed by atoms with van der Waals surface area (Å²) in [5.41, 5.74) is 4.80. The van der Waals surface area contributed by atoms with Crippen LogP contribution in [0.5, 0.6) is 5.75 Å². The minimum atomic E-state index is 0.0621. The van der Waals surface area contributed by atoms with E-state index in [9.17, 15) is 4.79 Å². The Bertz CT molecular complexity index is 868. The Balaban J connectivity index is 1.30. The second-order valence-electron chi connectivity index (χ2n) is 8.46. The zero-order valence-electron chi connectivity index (χ0n) is 18.1. The van der Waals surface area contributed by atoms with Crippen molar-refractivity contribution in [2.45, 2.75) is 39.3 Å². The number of carbonyl (C=O) groups is 1. The molecule has 1 amide bonds. The van der Waals surface area contributed by atoms with Gasteiger partial charge in [-0.1, -0.05) is 29.8 Å². The van der Waals surface area contributed by atoms with Crippen LogP contribution in [0.15, 0.2) is 42.5 Å². The molecule has 0 spiro atoms. The predicted molar refractivity (Wildman–Crippen MR) is 118 cm³/mol. The summed E-state index contributed by atoms with van der Waals surface area (Å²) in [5, 5.41) is 0. The van der Waals surface area contributed by atoms with Crippen molar-refractivity contribution in [2.75, 3.05) is 39.4 Å². The number of rotatable bonds is 5. The van der Waals surface area contributed by atoms with Gasteiger partial charge in [-0.3, -0.25) is 9.69 Å². The molecule has 0 N–H and O–H groups in total. The summed E-state index contributed by atoms with van der Waals surface area (Å²) in [6.07, 6.45) is 2.22. The molecule has 4 rings (SSSR count). The summed E-state index contributed by atoms with van der Waals surface area (Å²) in [6.45, 7) is 9.95. The number of morpholine rings is 1. The number of ether oxygens (including phenoxy) is 2. The van der Waals surface area contributed by atoms with Crippen LogP contribution in [0.25, 0.3) is 0 Å². The van der Waals surface area contributed by atoms with E-state index in [1.165, 1.54) is 16.7 Å². The van der Waals surface area contributed by atoms with Gasteiger partial charge in [0.1, 0.15) is 11.9 Å². The fourth-order valence-electron chi connectivity index (χ4n) is 4.24. The van der Waals surface area contributed by atoms with Crippen molar-refractivity contribution in [2.24, 2.45) is 0 Å². The molecule has 2 aromatic rings. The van der Waals surface area contributed by atoms with Crippen LogP contribution in [-0.4, -0.2) is 61.2 Å². The molecule has 0 aliphatic carbocycles. The maximum Gasteiger partial charge on any atom is 0.254 e. The van der Waals surface area contributed by atoms with Crippen LogP contribution >= 0.6 is 0 Å². The van der Waals surface area contributed by atoms with Gasteiger partial charge < -0.3 is 14.4 Å². The molecule has 2 aliphatic rings. The highest BCUT2D eigenvalue weighted by atomic mass is 16.5. The molecule has 0 bridgehead atoms. The number of carbonyl (C=O) groups excluding carboxylic acids is 1. The molecule has 2 aliphatic heterocycles. The van der Waals surface area contributed by atoms with Crippen molar-refractivity contribution in [1.29, 1.82) is 0 Å². The van der Waals surface area contributed by atoms with E-state index in [2.05, 4.69) is 36.9 Å². The molecule has 160 valence electrons. The highest BCUT2D eigenvalue weighted by Gasteiger charge is 2.22. The molecule has 0 saturated carbocycles. The lowest BCUT2D eigenvalue weighted by atomic mass is 10.0. The van der Waals surface area contributed by atoms with Crippen molar-refractivity contribution in [3.05, 3.63) is 64.7 Å². The minimum Gasteiger partial charge on any atom is -0.490 e. The molecular weight excluding hydrogens is 376 g/mol. The van der Waals surface area contributed by atoms with Gasteiger partial charge in [0, 0.05) is 38.3 Å². The van der Waals surface area contributed by atoms with E-state index in [0.717, 1.165) is 38.2 Å². The minimum absolute atomic E-state index is 0.0621. The number of benzene rings is 2. The number of nitrogens with zero attached hydrogens (tertiary/aromatic N) is 2. The van der Waals surface area contributed by atoms with Crippen LogP contribution in [-0.2, 0) is 11.3 Å². The van der Waals surface area contributed by atoms with Gasteiger partial charge in [-0.2, -0.15) is 0 Å². The maximum atomic E-state index is 12.7. The predicted octanol–water partition coefficient (Wildman–Crippen LogP) is 3.82. The van der Waals surface area contributed by atoms with Crippen LogP contribution in [0.2, 0.25) is 0 Å². The lowest BCUT2D eigenvalue weighted by molar-refractivity contribution is 0.0302. The van der Waals surface area contributed by atoms with Crippen molar-refractivity contribution < 1.29 is 14.3 Å². The normalized spacial score (nSPS) is 18.4. The standard InChI is InChI=1S/C25H32N2O3/c1-19-6-7-20(2)22(16-19)18-26-10-8-23(9-11-26)30-24-5-3-4-21(17-24)25(28)27-12-14-29-15-13-27/h3-7,16-17,23H,8-15,18H2,1-2H3. The van der Waals surface area contributed by atoms with Gasteiger partial charge in [-0.25, -0.2) is 0 Å². The average molecular weight is 409 g/mol. The molecule has 0 unspecified atom stereocenters. The molecule has 5 nitrogen and oxygen atoms in total. The monoisotopic (exact) mass is 408 g/mol. The lowest BCUT2D eigenvalue weighted by Gasteiger charge is -2.32. The molecule has 2 fully saturated rings. The molecule has 2 heterocycles. The van der Waals surface area contributed by atoms with Crippen molar-refractivity contribution in [1.82, 2.24) is 9.80 Å². The van der Waals surface area contributed by atoms with Crippen molar-refractivity contribution >= 4 is 5.91 Å². The Morgan fingerprint density at radius 3 is 2.57 bits per heavy atom. The van der Waals surface area contributed by atoms with E-state index in [-0.39, 0.29) is 12.0 Å². The SMILES string of the molecule is Cc1ccc(C)c(CN2CCC(Oc3cccc(C(=O)N4CCOCC4)c3)CC2)c1. The Hall–Kier alpha value is -2.37. The van der Waals surface area contributed by atoms with Gasteiger partial charge in [-0.15, -0.1) is 0 Å². The molecule has 30 heavy (non-hydrogen) atoms. The largest absolute Gasteiger partial charge is 0.490 e. The quantitative estimate of drug-likeness (QED) is 0.754. The number of likely N-dealkylation sites (tertiary alicyclic amines) is 1. The summed E-state index contributed by atoms with van der Waals surface area (Å²) >= 11 is 0. The first kappa shape index (κ1) is 20.9. The van der Waals surface area contributed by atoms with Crippen molar-refractivity contribution in [3.63, 3.8) is 0 Å². The van der Waals surface area contributed by atoms with Gasteiger partial charge >= 0.3 is 0 Å². The highest BCUT2D eigenvalue weighted by Crippen LogP contribution is 2.23. The van der Waals surface area contributed by atoms with Crippen LogP contribution in [0, 0.1) is 13.8 Å². The molecular formula is C25H32N2O3. The second-order valence-corrected chi connectivity index (χ2v) is 8.46. The summed E-state index contributed by atoms with van der Waals surface area (Å²) in [4.78, 5) is 17.1. The highest BCUT2D eigenvalue weighted by molar-refractivity contribution is 5.94. The number of piperidine rings is 1. The fourth-order valence-corrected chi connectivity index (χ4v) is 4.24. The van der Waals surface area contributed by atoms with Crippen LogP contribution in [0.3, 0.4) is 0 Å². The first-order chi connectivity index (χ1) is 14.6. The van der Waals surface area contributed by atoms with Gasteiger partial charge in [-0.05, 0) is 56.0 Å². The Labute approximate surface area is 179 Å². The number of hydrogen-bond donors (Lipinski definition) is 0. The molecule has 0 atom stereocenters. The smallest absolute Gasteiger partial charge is 0.254 e. The molecule has 0 aromatic heterocycles. The van der Waals surface area contributed by atoms with Crippen LogP contribution in [0.4, 0.5) is 0 Å². The zero-order valence-corrected chi connectivity index (χ0v) is 18.1. The number of hydrogen-bond acceptors (Lipinski definition) is 4. The van der Waals surface area contributed by atoms with Crippen molar-refractivity contribution in [3.8, 4) is 5.75 Å². The molecule has 0 radical (unpaired) electrons. The maximum absolute atomic E-state index is 12.7. The van der Waals surface area contributed by atoms with Crippen LogP contribution in [0.1, 0.15) is 39.9 Å². The van der Waals surface area contributed by atoms with E-state index in [1.54, 1.807) is 0 Å². The lowest BCUT2D eigenvalue weighted by Crippen LogP contribution is -2.40. The third kappa shape index (κ3) is 5.21. The van der Waals surface area contributed by atoms with Gasteiger partial charge in [0.2, 0.25) is 0 Å². The molecule has 2 aromatic carbocycles. The van der Waals surface area contributed by atoms with E-state index < -0.39 is 0 Å². The summed E-state index contributed by atoms with van der Waals surface area (Å²) < 4.78 is 11.6. The van der Waals surface area contributed by atoms with E-state index in [0.29, 0.717) is 31.9 Å². The van der Waals surface area contributed by atoms with Crippen LogP contribution < -0.4 is 4.74 Å². The Kier molecular flexibility index (Phi) is 6.70.